The fourth-order valence-corrected chi connectivity index (χ4v) is 2.01. The zero-order valence-electron chi connectivity index (χ0n) is 6.51. The fourth-order valence-electron chi connectivity index (χ4n) is 0.670. The average molecular weight is 190 g/mol. The van der Waals surface area contributed by atoms with Crippen molar-refractivity contribution in [3.05, 3.63) is 0 Å². The summed E-state index contributed by atoms with van der Waals surface area (Å²) in [5.41, 5.74) is 0. The topological polar surface area (TPSA) is 108 Å². The van der Waals surface area contributed by atoms with Crippen molar-refractivity contribution in [2.45, 2.75) is 12.8 Å². The van der Waals surface area contributed by atoms with Crippen molar-refractivity contribution >= 4 is 7.28 Å². The SMILES string of the molecule is N#CCCP(O)(O)(O)CCC#N. The summed E-state index contributed by atoms with van der Waals surface area (Å²) in [6.07, 6.45) is -0.924. The Kier molecular flexibility index (Phi) is 3.57. The number of hydrogen-bond donors (Lipinski definition) is 3. The van der Waals surface area contributed by atoms with E-state index in [1.807, 2.05) is 0 Å². The molecule has 0 aromatic heterocycles. The Morgan fingerprint density at radius 1 is 0.917 bits per heavy atom. The maximum atomic E-state index is 9.18. The normalized spacial score (nSPS) is 13.9. The number of nitrogens with zero attached hydrogens (tertiary/aromatic N) is 2. The number of nitriles is 2. The average Bonchev–Trinajstić information content (AvgIpc) is 1.97. The molecule has 0 aliphatic heterocycles. The summed E-state index contributed by atoms with van der Waals surface area (Å²) in [6, 6.07) is 3.39. The van der Waals surface area contributed by atoms with Crippen LogP contribution in [0.3, 0.4) is 0 Å². The molecule has 68 valence electrons. The van der Waals surface area contributed by atoms with Crippen LogP contribution in [-0.4, -0.2) is 27.0 Å². The Morgan fingerprint density at radius 2 is 1.25 bits per heavy atom. The van der Waals surface area contributed by atoms with Crippen molar-refractivity contribution in [3.63, 3.8) is 0 Å². The van der Waals surface area contributed by atoms with E-state index in [4.69, 9.17) is 10.5 Å². The van der Waals surface area contributed by atoms with Crippen LogP contribution in [0.1, 0.15) is 12.8 Å². The van der Waals surface area contributed by atoms with Crippen molar-refractivity contribution < 1.29 is 14.7 Å². The summed E-state index contributed by atoms with van der Waals surface area (Å²) < 4.78 is 0. The summed E-state index contributed by atoms with van der Waals surface area (Å²) in [7, 11) is -4.65. The Labute approximate surface area is 70.7 Å². The molecule has 0 spiro atoms. The van der Waals surface area contributed by atoms with Crippen LogP contribution >= 0.6 is 7.28 Å². The molecule has 0 saturated carbocycles. The first-order chi connectivity index (χ1) is 5.39. The van der Waals surface area contributed by atoms with Gasteiger partial charge < -0.3 is 0 Å². The first-order valence-corrected chi connectivity index (χ1v) is 5.85. The summed E-state index contributed by atoms with van der Waals surface area (Å²) in [5, 5.41) is 16.3. The zero-order chi connectivity index (χ0) is 9.69. The Morgan fingerprint density at radius 3 is 1.50 bits per heavy atom. The monoisotopic (exact) mass is 190 g/mol. The molecule has 0 atom stereocenters. The third-order valence-corrected chi connectivity index (χ3v) is 3.64. The fraction of sp³-hybridized carbons (Fsp3) is 0.667. The summed E-state index contributed by atoms with van der Waals surface area (Å²) in [5.74, 6) is 0. The van der Waals surface area contributed by atoms with E-state index < -0.39 is 7.28 Å². The van der Waals surface area contributed by atoms with Gasteiger partial charge in [-0.2, -0.15) is 0 Å². The van der Waals surface area contributed by atoms with Crippen molar-refractivity contribution in [1.82, 2.24) is 0 Å². The van der Waals surface area contributed by atoms with Crippen LogP contribution in [0.25, 0.3) is 0 Å². The standard InChI is InChI=1S/C6H11N2O3P/c7-3-1-5-12(9,10,11)6-2-4-8/h9-11H,1-2,5-6H2. The van der Waals surface area contributed by atoms with E-state index in [1.165, 1.54) is 0 Å². The second-order valence-electron chi connectivity index (χ2n) is 2.60. The summed E-state index contributed by atoms with van der Waals surface area (Å²) in [6.45, 7) is 0. The van der Waals surface area contributed by atoms with E-state index in [0.29, 0.717) is 0 Å². The maximum absolute atomic E-state index is 9.18. The van der Waals surface area contributed by atoms with Crippen LogP contribution in [-0.2, 0) is 0 Å². The van der Waals surface area contributed by atoms with Gasteiger partial charge in [-0.15, -0.1) is 0 Å². The van der Waals surface area contributed by atoms with Crippen LogP contribution in [0.5, 0.6) is 0 Å². The van der Waals surface area contributed by atoms with Crippen LogP contribution in [0.4, 0.5) is 0 Å². The predicted octanol–water partition coefficient (Wildman–Crippen LogP) is 0.0890. The van der Waals surface area contributed by atoms with Crippen molar-refractivity contribution in [2.75, 3.05) is 12.3 Å². The minimum atomic E-state index is -4.65. The van der Waals surface area contributed by atoms with E-state index in [1.54, 1.807) is 12.1 Å². The van der Waals surface area contributed by atoms with Crippen molar-refractivity contribution in [2.24, 2.45) is 0 Å². The molecule has 6 heteroatoms. The van der Waals surface area contributed by atoms with Gasteiger partial charge in [0.1, 0.15) is 0 Å². The van der Waals surface area contributed by atoms with E-state index in [-0.39, 0.29) is 25.2 Å². The third-order valence-electron chi connectivity index (χ3n) is 1.36. The van der Waals surface area contributed by atoms with E-state index >= 15 is 0 Å². The molecular weight excluding hydrogens is 179 g/mol. The molecule has 0 aliphatic rings. The van der Waals surface area contributed by atoms with E-state index in [9.17, 15) is 14.7 Å². The molecule has 0 amide bonds. The molecule has 5 nitrogen and oxygen atoms in total. The summed E-state index contributed by atoms with van der Waals surface area (Å²) in [4.78, 5) is 27.5. The van der Waals surface area contributed by atoms with Crippen LogP contribution in [0.15, 0.2) is 0 Å². The molecule has 0 heterocycles. The Balaban J connectivity index is 4.12. The first kappa shape index (κ1) is 11.3. The molecule has 0 radical (unpaired) electrons. The van der Waals surface area contributed by atoms with E-state index in [2.05, 4.69) is 0 Å². The molecule has 0 rings (SSSR count). The molecule has 0 aromatic carbocycles. The van der Waals surface area contributed by atoms with Crippen molar-refractivity contribution in [1.29, 1.82) is 10.5 Å². The molecule has 0 saturated heterocycles. The van der Waals surface area contributed by atoms with Gasteiger partial charge in [-0.05, 0) is 0 Å². The quantitative estimate of drug-likeness (QED) is 0.544. The molecular formula is C6H11N2O3P. The summed E-state index contributed by atoms with van der Waals surface area (Å²) >= 11 is 0. The second-order valence-corrected chi connectivity index (χ2v) is 6.18. The van der Waals surface area contributed by atoms with Gasteiger partial charge >= 0.3 is 69.8 Å². The van der Waals surface area contributed by atoms with Gasteiger partial charge in [0.15, 0.2) is 0 Å². The van der Waals surface area contributed by atoms with Gasteiger partial charge in [-0.25, -0.2) is 0 Å². The van der Waals surface area contributed by atoms with Crippen LogP contribution in [0, 0.1) is 22.7 Å². The molecule has 0 bridgehead atoms. The number of rotatable bonds is 4. The van der Waals surface area contributed by atoms with E-state index in [0.717, 1.165) is 0 Å². The molecule has 0 aromatic rings. The van der Waals surface area contributed by atoms with Crippen LogP contribution < -0.4 is 0 Å². The number of hydrogen-bond acceptors (Lipinski definition) is 5. The predicted molar refractivity (Wildman–Crippen MR) is 43.8 cm³/mol. The molecule has 0 aliphatic carbocycles. The molecule has 3 N–H and O–H groups in total. The Hall–Kier alpha value is -0.710. The minimum absolute atomic E-state index is 0.118. The van der Waals surface area contributed by atoms with Crippen molar-refractivity contribution in [3.8, 4) is 12.1 Å². The van der Waals surface area contributed by atoms with Gasteiger partial charge in [-0.3, -0.25) is 0 Å². The molecule has 0 fully saturated rings. The van der Waals surface area contributed by atoms with Gasteiger partial charge in [0.2, 0.25) is 0 Å². The van der Waals surface area contributed by atoms with Gasteiger partial charge in [-0.1, -0.05) is 0 Å². The Bertz CT molecular complexity index is 210. The van der Waals surface area contributed by atoms with Gasteiger partial charge in [0.25, 0.3) is 0 Å². The van der Waals surface area contributed by atoms with Gasteiger partial charge in [0, 0.05) is 0 Å². The zero-order valence-corrected chi connectivity index (χ0v) is 7.41. The first-order valence-electron chi connectivity index (χ1n) is 3.39. The second kappa shape index (κ2) is 3.80. The third kappa shape index (κ3) is 5.01. The van der Waals surface area contributed by atoms with Crippen LogP contribution in [0.2, 0.25) is 0 Å². The van der Waals surface area contributed by atoms with Gasteiger partial charge in [0.05, 0.1) is 0 Å². The molecule has 12 heavy (non-hydrogen) atoms. The molecule has 0 unspecified atom stereocenters.